The van der Waals surface area contributed by atoms with Gasteiger partial charge < -0.3 is 19.9 Å². The van der Waals surface area contributed by atoms with Gasteiger partial charge in [-0.15, -0.1) is 0 Å². The van der Waals surface area contributed by atoms with Crippen LogP contribution in [0.25, 0.3) is 0 Å². The van der Waals surface area contributed by atoms with E-state index in [9.17, 15) is 4.79 Å². The SMILES string of the molecule is CC(C)C(C)C(C)C1=CN(C)CCO1.CC1CNC(=O)C1C.CCCCCCN1CCC(C)C1C. The van der Waals surface area contributed by atoms with E-state index >= 15 is 0 Å². The summed E-state index contributed by atoms with van der Waals surface area (Å²) in [6, 6.07) is 0.835. The van der Waals surface area contributed by atoms with Crippen LogP contribution in [0.4, 0.5) is 0 Å². The van der Waals surface area contributed by atoms with Crippen molar-refractivity contribution in [2.45, 2.75) is 100 Å². The van der Waals surface area contributed by atoms with Gasteiger partial charge in [0.05, 0.1) is 6.54 Å². The number of rotatable bonds is 8. The minimum absolute atomic E-state index is 0.206. The lowest BCUT2D eigenvalue weighted by molar-refractivity contribution is -0.122. The van der Waals surface area contributed by atoms with Gasteiger partial charge in [-0.3, -0.25) is 4.79 Å². The van der Waals surface area contributed by atoms with Crippen molar-refractivity contribution in [3.63, 3.8) is 0 Å². The maximum absolute atomic E-state index is 10.7. The Morgan fingerprint density at radius 2 is 1.71 bits per heavy atom. The molecule has 0 aliphatic carbocycles. The molecule has 3 aliphatic rings. The Morgan fingerprint density at radius 1 is 1.03 bits per heavy atom. The van der Waals surface area contributed by atoms with Crippen molar-refractivity contribution in [2.24, 2.45) is 35.5 Å². The van der Waals surface area contributed by atoms with Crippen LogP contribution in [-0.2, 0) is 9.53 Å². The molecular formula is C30H59N3O2. The summed E-state index contributed by atoms with van der Waals surface area (Å²) in [6.45, 7) is 25.6. The Bertz CT molecular complexity index is 621. The van der Waals surface area contributed by atoms with Crippen LogP contribution in [-0.4, -0.2) is 61.6 Å². The maximum Gasteiger partial charge on any atom is 0.223 e. The lowest BCUT2D eigenvalue weighted by Crippen LogP contribution is -2.30. The Kier molecular flexibility index (Phi) is 15.0. The summed E-state index contributed by atoms with van der Waals surface area (Å²) in [4.78, 5) is 15.6. The van der Waals surface area contributed by atoms with Gasteiger partial charge in [-0.2, -0.15) is 0 Å². The molecule has 0 spiro atoms. The number of ether oxygens (including phenoxy) is 1. The molecule has 35 heavy (non-hydrogen) atoms. The largest absolute Gasteiger partial charge is 0.494 e. The number of carbonyl (C=O) groups excluding carboxylic acids is 1. The molecule has 0 radical (unpaired) electrons. The number of unbranched alkanes of at least 4 members (excludes halogenated alkanes) is 3. The van der Waals surface area contributed by atoms with E-state index in [4.69, 9.17) is 4.74 Å². The van der Waals surface area contributed by atoms with E-state index in [1.54, 1.807) is 0 Å². The van der Waals surface area contributed by atoms with Crippen molar-refractivity contribution >= 4 is 5.91 Å². The predicted octanol–water partition coefficient (Wildman–Crippen LogP) is 6.40. The zero-order chi connectivity index (χ0) is 26.5. The topological polar surface area (TPSA) is 44.8 Å². The Balaban J connectivity index is 0.000000272. The molecule has 0 saturated carbocycles. The second-order valence-corrected chi connectivity index (χ2v) is 11.9. The van der Waals surface area contributed by atoms with E-state index in [2.05, 4.69) is 83.8 Å². The number of nitrogens with one attached hydrogen (secondary N) is 1. The molecule has 0 aromatic rings. The minimum atomic E-state index is 0.206. The van der Waals surface area contributed by atoms with E-state index in [1.165, 1.54) is 45.2 Å². The molecule has 0 aromatic heterocycles. The summed E-state index contributed by atoms with van der Waals surface area (Å²) in [7, 11) is 2.11. The molecule has 5 heteroatoms. The van der Waals surface area contributed by atoms with Crippen molar-refractivity contribution < 1.29 is 9.53 Å². The van der Waals surface area contributed by atoms with E-state index < -0.39 is 0 Å². The van der Waals surface area contributed by atoms with Crippen molar-refractivity contribution in [1.29, 1.82) is 0 Å². The number of hydrogen-bond donors (Lipinski definition) is 1. The zero-order valence-corrected chi connectivity index (χ0v) is 24.9. The molecular weight excluding hydrogens is 434 g/mol. The highest BCUT2D eigenvalue weighted by atomic mass is 16.5. The van der Waals surface area contributed by atoms with Crippen LogP contribution in [0.3, 0.4) is 0 Å². The third kappa shape index (κ3) is 11.1. The first kappa shape index (κ1) is 31.8. The van der Waals surface area contributed by atoms with Gasteiger partial charge in [0.2, 0.25) is 5.91 Å². The van der Waals surface area contributed by atoms with Crippen LogP contribution in [0, 0.1) is 35.5 Å². The predicted molar refractivity (Wildman–Crippen MR) is 150 cm³/mol. The molecule has 3 rings (SSSR count). The maximum atomic E-state index is 10.7. The Morgan fingerprint density at radius 3 is 2.14 bits per heavy atom. The number of amides is 1. The first-order valence-corrected chi connectivity index (χ1v) is 14.6. The monoisotopic (exact) mass is 493 g/mol. The van der Waals surface area contributed by atoms with Crippen LogP contribution in [0.5, 0.6) is 0 Å². The van der Waals surface area contributed by atoms with Gasteiger partial charge in [-0.25, -0.2) is 0 Å². The number of nitrogens with zero attached hydrogens (tertiary/aromatic N) is 2. The van der Waals surface area contributed by atoms with Crippen LogP contribution in [0.15, 0.2) is 12.0 Å². The lowest BCUT2D eigenvalue weighted by atomic mass is 9.85. The minimum Gasteiger partial charge on any atom is -0.494 e. The first-order chi connectivity index (χ1) is 16.5. The second-order valence-electron chi connectivity index (χ2n) is 11.9. The van der Waals surface area contributed by atoms with Gasteiger partial charge in [-0.1, -0.05) is 74.7 Å². The summed E-state index contributed by atoms with van der Waals surface area (Å²) in [5, 5.41) is 2.78. The first-order valence-electron chi connectivity index (χ1n) is 14.6. The third-order valence-corrected chi connectivity index (χ3v) is 8.78. The van der Waals surface area contributed by atoms with Gasteiger partial charge in [-0.05, 0) is 56.5 Å². The number of allylic oxidation sites excluding steroid dienone is 1. The van der Waals surface area contributed by atoms with Gasteiger partial charge in [0.1, 0.15) is 12.4 Å². The lowest BCUT2D eigenvalue weighted by Gasteiger charge is -2.30. The second kappa shape index (κ2) is 16.5. The molecule has 0 aromatic carbocycles. The van der Waals surface area contributed by atoms with Gasteiger partial charge in [0, 0.05) is 37.7 Å². The van der Waals surface area contributed by atoms with Gasteiger partial charge in [0.15, 0.2) is 0 Å². The average Bonchev–Trinajstić information content (AvgIpc) is 3.31. The average molecular weight is 494 g/mol. The fraction of sp³-hybridized carbons (Fsp3) is 0.900. The molecule has 3 aliphatic heterocycles. The highest BCUT2D eigenvalue weighted by Crippen LogP contribution is 2.28. The molecule has 0 bridgehead atoms. The van der Waals surface area contributed by atoms with E-state index in [0.29, 0.717) is 23.7 Å². The van der Waals surface area contributed by atoms with Crippen molar-refractivity contribution in [3.05, 3.63) is 12.0 Å². The molecule has 2 fully saturated rings. The molecule has 6 atom stereocenters. The number of hydrogen-bond acceptors (Lipinski definition) is 4. The fourth-order valence-corrected chi connectivity index (χ4v) is 4.80. The summed E-state index contributed by atoms with van der Waals surface area (Å²) >= 11 is 0. The van der Waals surface area contributed by atoms with Crippen LogP contribution in [0.2, 0.25) is 0 Å². The van der Waals surface area contributed by atoms with E-state index in [0.717, 1.165) is 37.4 Å². The summed E-state index contributed by atoms with van der Waals surface area (Å²) in [5.74, 6) is 4.95. The zero-order valence-electron chi connectivity index (χ0n) is 24.9. The molecule has 6 unspecified atom stereocenters. The Hall–Kier alpha value is -1.23. The molecule has 2 saturated heterocycles. The van der Waals surface area contributed by atoms with Crippen molar-refractivity contribution in [3.8, 4) is 0 Å². The van der Waals surface area contributed by atoms with Crippen molar-refractivity contribution in [1.82, 2.24) is 15.1 Å². The molecule has 3 heterocycles. The number of carbonyl (C=O) groups is 1. The van der Waals surface area contributed by atoms with Crippen LogP contribution >= 0.6 is 0 Å². The molecule has 1 amide bonds. The third-order valence-electron chi connectivity index (χ3n) is 8.78. The van der Waals surface area contributed by atoms with E-state index in [1.807, 2.05) is 6.92 Å². The summed E-state index contributed by atoms with van der Waals surface area (Å²) < 4.78 is 5.70. The number of likely N-dealkylation sites (N-methyl/N-ethyl adjacent to an activating group) is 1. The van der Waals surface area contributed by atoms with Crippen LogP contribution < -0.4 is 5.32 Å². The molecule has 206 valence electrons. The van der Waals surface area contributed by atoms with E-state index in [-0.39, 0.29) is 11.8 Å². The summed E-state index contributed by atoms with van der Waals surface area (Å²) in [6.07, 6.45) is 9.16. The highest BCUT2D eigenvalue weighted by molar-refractivity contribution is 5.80. The quantitative estimate of drug-likeness (QED) is 0.397. The standard InChI is InChI=1S/C12H23NO.C12H25N.C6H11NO/c1-9(2)10(3)11(4)12-8-13(5)6-7-14-12;1-4-5-6-7-9-13-10-8-11(2)12(13)3;1-4-3-7-6(8)5(4)2/h8-11H,6-7H2,1-5H3;11-12H,4-10H2,1-3H3;4-5H,3H2,1-2H3,(H,7,8). The van der Waals surface area contributed by atoms with Gasteiger partial charge in [0.25, 0.3) is 0 Å². The van der Waals surface area contributed by atoms with Crippen LogP contribution in [0.1, 0.15) is 94.4 Å². The summed E-state index contributed by atoms with van der Waals surface area (Å²) in [5.41, 5.74) is 0. The molecule has 5 nitrogen and oxygen atoms in total. The highest BCUT2D eigenvalue weighted by Gasteiger charge is 2.27. The normalized spacial score (nSPS) is 28.3. The Labute approximate surface area is 218 Å². The number of likely N-dealkylation sites (tertiary alicyclic amines) is 1. The van der Waals surface area contributed by atoms with Crippen molar-refractivity contribution in [2.75, 3.05) is 39.8 Å². The van der Waals surface area contributed by atoms with Gasteiger partial charge >= 0.3 is 0 Å². The molecule has 1 N–H and O–H groups in total. The fourth-order valence-electron chi connectivity index (χ4n) is 4.80. The smallest absolute Gasteiger partial charge is 0.223 e.